The Bertz CT molecular complexity index is 2230. The van der Waals surface area contributed by atoms with Crippen LogP contribution in [0.3, 0.4) is 0 Å². The van der Waals surface area contributed by atoms with Crippen LogP contribution in [-0.2, 0) is 26.5 Å². The van der Waals surface area contributed by atoms with Crippen LogP contribution in [0.25, 0.3) is 0 Å². The highest BCUT2D eigenvalue weighted by Crippen LogP contribution is 2.33. The second kappa shape index (κ2) is 18.7. The molecule has 0 aliphatic carbocycles. The third kappa shape index (κ3) is 10.5. The molecule has 0 fully saturated rings. The molecule has 0 heterocycles. The lowest BCUT2D eigenvalue weighted by Crippen LogP contribution is -2.39. The van der Waals surface area contributed by atoms with E-state index in [1.165, 1.54) is 0 Å². The molecule has 4 rings (SSSR count). The quantitative estimate of drug-likeness (QED) is 0.128. The Kier molecular flexibility index (Phi) is 15.4. The monoisotopic (exact) mass is 874 g/mol. The van der Waals surface area contributed by atoms with Crippen molar-refractivity contribution in [3.63, 3.8) is 0 Å². The summed E-state index contributed by atoms with van der Waals surface area (Å²) in [6.45, 7) is 8.85. The van der Waals surface area contributed by atoms with Gasteiger partial charge in [-0.15, -0.1) is 0 Å². The second-order valence-corrected chi connectivity index (χ2v) is 17.3. The van der Waals surface area contributed by atoms with Crippen molar-refractivity contribution in [3.05, 3.63) is 128 Å². The van der Waals surface area contributed by atoms with Crippen LogP contribution < -0.4 is 0 Å². The molecule has 0 aliphatic heterocycles. The van der Waals surface area contributed by atoms with Gasteiger partial charge in [-0.2, -0.15) is 8.61 Å². The van der Waals surface area contributed by atoms with Gasteiger partial charge in [0.05, 0.1) is 16.1 Å². The van der Waals surface area contributed by atoms with Gasteiger partial charge in [-0.05, 0) is 75.1 Å². The fourth-order valence-corrected chi connectivity index (χ4v) is 9.69. The largest absolute Gasteiger partial charge is 0.478 e. The van der Waals surface area contributed by atoms with Gasteiger partial charge >= 0.3 is 11.9 Å². The van der Waals surface area contributed by atoms with E-state index in [0.717, 1.165) is 36.3 Å². The number of sulfonamides is 2. The maximum atomic E-state index is 14.3. The molecule has 0 aromatic heterocycles. The molecule has 0 amide bonds. The van der Waals surface area contributed by atoms with Gasteiger partial charge in [0.15, 0.2) is 0 Å². The van der Waals surface area contributed by atoms with Gasteiger partial charge in [-0.1, -0.05) is 83.3 Å². The molecule has 4 aromatic rings. The third-order valence-corrected chi connectivity index (χ3v) is 13.2. The number of aromatic carboxylic acids is 2. The lowest BCUT2D eigenvalue weighted by atomic mass is 10.0. The van der Waals surface area contributed by atoms with Crippen molar-refractivity contribution in [2.75, 3.05) is 13.1 Å². The fourth-order valence-electron chi connectivity index (χ4n) is 5.56. The summed E-state index contributed by atoms with van der Waals surface area (Å²) in [6.07, 6.45) is 0.844. The predicted octanol–water partition coefficient (Wildman–Crippen LogP) is 8.71. The molecule has 0 saturated heterocycles. The van der Waals surface area contributed by atoms with Crippen molar-refractivity contribution >= 4 is 59.5 Å². The van der Waals surface area contributed by atoms with Crippen LogP contribution in [0.2, 0.25) is 5.02 Å². The van der Waals surface area contributed by atoms with E-state index in [4.69, 9.17) is 21.8 Å². The molecule has 0 spiro atoms. The third-order valence-electron chi connectivity index (χ3n) is 8.27. The number of benzene rings is 4. The number of carboxylic acids is 2. The average Bonchev–Trinajstić information content (AvgIpc) is 3.07. The van der Waals surface area contributed by atoms with Gasteiger partial charge in [0.2, 0.25) is 20.0 Å². The zero-order valence-electron chi connectivity index (χ0n) is 29.9. The Labute approximate surface area is 326 Å². The Morgan fingerprint density at radius 1 is 0.778 bits per heavy atom. The minimum Gasteiger partial charge on any atom is -0.478 e. The van der Waals surface area contributed by atoms with Crippen LogP contribution in [-0.4, -0.2) is 66.7 Å². The Balaban J connectivity index is 0.000000290. The van der Waals surface area contributed by atoms with Gasteiger partial charge in [0.25, 0.3) is 0 Å². The highest BCUT2D eigenvalue weighted by molar-refractivity contribution is 9.10. The second-order valence-electron chi connectivity index (χ2n) is 12.3. The predicted molar refractivity (Wildman–Crippen MR) is 202 cm³/mol. The maximum absolute atomic E-state index is 14.3. The Morgan fingerprint density at radius 2 is 1.31 bits per heavy atom. The summed E-state index contributed by atoms with van der Waals surface area (Å²) in [6, 6.07) is 16.0. The van der Waals surface area contributed by atoms with Gasteiger partial charge in [0, 0.05) is 35.7 Å². The first kappa shape index (κ1) is 44.6. The Morgan fingerprint density at radius 3 is 1.81 bits per heavy atom. The summed E-state index contributed by atoms with van der Waals surface area (Å²) in [5.41, 5.74) is 1.37. The summed E-state index contributed by atoms with van der Waals surface area (Å²) in [7, 11) is -8.66. The van der Waals surface area contributed by atoms with Gasteiger partial charge in [0.1, 0.15) is 27.2 Å². The van der Waals surface area contributed by atoms with E-state index in [2.05, 4.69) is 15.9 Å². The van der Waals surface area contributed by atoms with E-state index in [1.54, 1.807) is 52.0 Å². The number of halogens is 5. The molecular formula is C37H39BrClF3N2O8S2. The first-order chi connectivity index (χ1) is 25.2. The smallest absolute Gasteiger partial charge is 0.338 e. The van der Waals surface area contributed by atoms with Crippen LogP contribution in [0.5, 0.6) is 0 Å². The van der Waals surface area contributed by atoms with Gasteiger partial charge in [-0.3, -0.25) is 0 Å². The molecule has 0 bridgehead atoms. The standard InChI is InChI=1S/C19H21ClFNO4S.C18H18BrF2NO4S/c1-12(2)22(9-8-14-6-4-13(3)5-7-14)27(25,26)18-10-15(19(23)24)16(20)11-17(18)21;1-3-16(11-6-5-7-12(19)8-11)22(4-2)27(25,26)17-9-13(18(23)24)14(20)10-15(17)21/h4-7,10-12H,8-9H2,1-3H3,(H,23,24);5-10,16H,3-4H2,1-2H3,(H,23,24). The highest BCUT2D eigenvalue weighted by Gasteiger charge is 2.34. The molecule has 10 nitrogen and oxygen atoms in total. The van der Waals surface area contributed by atoms with Crippen LogP contribution in [0.4, 0.5) is 13.2 Å². The summed E-state index contributed by atoms with van der Waals surface area (Å²) in [5, 5.41) is 17.8. The van der Waals surface area contributed by atoms with Crippen molar-refractivity contribution in [2.45, 2.75) is 69.3 Å². The molecule has 292 valence electrons. The molecule has 4 aromatic carbocycles. The number of hydrogen-bond donors (Lipinski definition) is 2. The summed E-state index contributed by atoms with van der Waals surface area (Å²) < 4.78 is 97.4. The van der Waals surface area contributed by atoms with Crippen LogP contribution in [0.15, 0.2) is 87.1 Å². The van der Waals surface area contributed by atoms with Gasteiger partial charge in [-0.25, -0.2) is 39.6 Å². The Hall–Kier alpha value is -3.80. The van der Waals surface area contributed by atoms with Gasteiger partial charge < -0.3 is 10.2 Å². The molecule has 1 unspecified atom stereocenters. The summed E-state index contributed by atoms with van der Waals surface area (Å²) in [4.78, 5) is 20.8. The summed E-state index contributed by atoms with van der Waals surface area (Å²) >= 11 is 9.05. The molecule has 0 radical (unpaired) electrons. The minimum atomic E-state index is -4.41. The number of carbonyl (C=O) groups is 2. The zero-order chi connectivity index (χ0) is 40.7. The van der Waals surface area contributed by atoms with Crippen molar-refractivity contribution in [3.8, 4) is 0 Å². The molecular weight excluding hydrogens is 837 g/mol. The molecule has 0 aliphatic rings. The van der Waals surface area contributed by atoms with E-state index in [1.807, 2.05) is 31.2 Å². The average molecular weight is 876 g/mol. The fraction of sp³-hybridized carbons (Fsp3) is 0.297. The van der Waals surface area contributed by atoms with E-state index >= 15 is 0 Å². The van der Waals surface area contributed by atoms with E-state index in [9.17, 15) is 39.6 Å². The van der Waals surface area contributed by atoms with Crippen molar-refractivity contribution in [2.24, 2.45) is 0 Å². The lowest BCUT2D eigenvalue weighted by Gasteiger charge is -2.30. The maximum Gasteiger partial charge on any atom is 0.338 e. The molecule has 1 atom stereocenters. The first-order valence-corrected chi connectivity index (χ1v) is 20.5. The normalized spacial score (nSPS) is 12.5. The molecule has 2 N–H and O–H groups in total. The summed E-state index contributed by atoms with van der Waals surface area (Å²) in [5.74, 6) is -6.84. The molecule has 0 saturated carbocycles. The van der Waals surface area contributed by atoms with E-state index < -0.39 is 82.4 Å². The zero-order valence-corrected chi connectivity index (χ0v) is 33.8. The topological polar surface area (TPSA) is 149 Å². The van der Waals surface area contributed by atoms with Crippen LogP contribution in [0, 0.1) is 24.4 Å². The SMILES string of the molecule is CCC(c1cccc(Br)c1)N(CC)S(=O)(=O)c1cc(C(=O)O)c(F)cc1F.Cc1ccc(CCN(C(C)C)S(=O)(=O)c2cc(C(=O)O)c(Cl)cc2F)cc1. The highest BCUT2D eigenvalue weighted by atomic mass is 79.9. The van der Waals surface area contributed by atoms with E-state index in [0.29, 0.717) is 24.5 Å². The number of carboxylic acid groups (broad SMARTS) is 2. The first-order valence-electron chi connectivity index (χ1n) is 16.5. The van der Waals surface area contributed by atoms with Crippen LogP contribution in [0.1, 0.15) is 77.6 Å². The van der Waals surface area contributed by atoms with E-state index in [-0.39, 0.29) is 24.2 Å². The molecule has 54 heavy (non-hydrogen) atoms. The minimum absolute atomic E-state index is 0.0204. The number of rotatable bonds is 14. The van der Waals surface area contributed by atoms with Crippen LogP contribution >= 0.6 is 27.5 Å². The number of nitrogens with zero attached hydrogens (tertiary/aromatic N) is 2. The number of aryl methyl sites for hydroxylation is 1. The lowest BCUT2D eigenvalue weighted by molar-refractivity contribution is 0.0682. The van der Waals surface area contributed by atoms with Crippen molar-refractivity contribution < 1.29 is 49.8 Å². The van der Waals surface area contributed by atoms with Crippen molar-refractivity contribution in [1.82, 2.24) is 8.61 Å². The number of hydrogen-bond acceptors (Lipinski definition) is 6. The molecule has 17 heteroatoms. The van der Waals surface area contributed by atoms with Crippen molar-refractivity contribution in [1.29, 1.82) is 0 Å².